The molecule has 1 unspecified atom stereocenters. The van der Waals surface area contributed by atoms with Crippen LogP contribution >= 0.6 is 0 Å². The predicted molar refractivity (Wildman–Crippen MR) is 71.9 cm³/mol. The molecule has 1 aromatic rings. The molecule has 1 aromatic carbocycles. The Bertz CT molecular complexity index is 413. The fourth-order valence-corrected chi connectivity index (χ4v) is 2.10. The second kappa shape index (κ2) is 5.16. The lowest BCUT2D eigenvalue weighted by Crippen LogP contribution is -2.35. The van der Waals surface area contributed by atoms with Gasteiger partial charge in [0.15, 0.2) is 11.5 Å². The standard InChI is InChI=1S/C14H22N2O2/c1-14(2,16)9-11(15)10-4-5-12-13(8-10)18-7-3-6-17-12/h4-5,8,11H,3,6-7,9,15-16H2,1-2H3. The Balaban J connectivity index is 2.17. The summed E-state index contributed by atoms with van der Waals surface area (Å²) in [6.07, 6.45) is 1.64. The summed E-state index contributed by atoms with van der Waals surface area (Å²) in [5.74, 6) is 1.59. The second-order valence-electron chi connectivity index (χ2n) is 5.56. The normalized spacial score (nSPS) is 17.1. The molecule has 100 valence electrons. The molecule has 0 amide bonds. The molecule has 4 N–H and O–H groups in total. The molecule has 0 saturated carbocycles. The van der Waals surface area contributed by atoms with Crippen molar-refractivity contribution in [1.82, 2.24) is 0 Å². The zero-order chi connectivity index (χ0) is 13.2. The van der Waals surface area contributed by atoms with Gasteiger partial charge in [-0.1, -0.05) is 6.07 Å². The van der Waals surface area contributed by atoms with Gasteiger partial charge >= 0.3 is 0 Å². The first-order valence-electron chi connectivity index (χ1n) is 6.40. The van der Waals surface area contributed by atoms with Gasteiger partial charge in [-0.3, -0.25) is 0 Å². The molecule has 2 rings (SSSR count). The van der Waals surface area contributed by atoms with E-state index in [0.717, 1.165) is 29.9 Å². The lowest BCUT2D eigenvalue weighted by molar-refractivity contribution is 0.297. The quantitative estimate of drug-likeness (QED) is 0.860. The van der Waals surface area contributed by atoms with E-state index >= 15 is 0 Å². The minimum Gasteiger partial charge on any atom is -0.490 e. The summed E-state index contributed by atoms with van der Waals surface area (Å²) >= 11 is 0. The summed E-state index contributed by atoms with van der Waals surface area (Å²) in [6.45, 7) is 5.36. The largest absolute Gasteiger partial charge is 0.490 e. The number of rotatable bonds is 3. The van der Waals surface area contributed by atoms with Gasteiger partial charge in [0, 0.05) is 18.0 Å². The molecule has 1 aliphatic heterocycles. The molecule has 0 bridgehead atoms. The number of hydrogen-bond donors (Lipinski definition) is 2. The molecular weight excluding hydrogens is 228 g/mol. The molecule has 1 heterocycles. The Morgan fingerprint density at radius 2 is 1.89 bits per heavy atom. The van der Waals surface area contributed by atoms with Gasteiger partial charge in [-0.05, 0) is 38.0 Å². The Hall–Kier alpha value is -1.26. The average molecular weight is 250 g/mol. The second-order valence-corrected chi connectivity index (χ2v) is 5.56. The van der Waals surface area contributed by atoms with Crippen LogP contribution in [0, 0.1) is 0 Å². The maximum atomic E-state index is 6.18. The fourth-order valence-electron chi connectivity index (χ4n) is 2.10. The molecule has 1 aliphatic rings. The summed E-state index contributed by atoms with van der Waals surface area (Å²) in [5, 5.41) is 0. The zero-order valence-corrected chi connectivity index (χ0v) is 11.1. The van der Waals surface area contributed by atoms with Gasteiger partial charge in [0.2, 0.25) is 0 Å². The van der Waals surface area contributed by atoms with Crippen LogP contribution in [0.15, 0.2) is 18.2 Å². The van der Waals surface area contributed by atoms with Crippen LogP contribution in [0.1, 0.15) is 38.3 Å². The SMILES string of the molecule is CC(C)(N)CC(N)c1ccc2c(c1)OCCCO2. The Labute approximate surface area is 108 Å². The maximum absolute atomic E-state index is 6.18. The Kier molecular flexibility index (Phi) is 3.78. The van der Waals surface area contributed by atoms with E-state index in [4.69, 9.17) is 20.9 Å². The molecule has 1 atom stereocenters. The summed E-state index contributed by atoms with van der Waals surface area (Å²) < 4.78 is 11.3. The molecule has 4 nitrogen and oxygen atoms in total. The lowest BCUT2D eigenvalue weighted by Gasteiger charge is -2.24. The molecule has 0 aromatic heterocycles. The first-order chi connectivity index (χ1) is 8.46. The van der Waals surface area contributed by atoms with Crippen LogP contribution in [0.5, 0.6) is 11.5 Å². The third kappa shape index (κ3) is 3.37. The van der Waals surface area contributed by atoms with Crippen molar-refractivity contribution in [2.45, 2.75) is 38.3 Å². The van der Waals surface area contributed by atoms with Crippen molar-refractivity contribution in [1.29, 1.82) is 0 Å². The maximum Gasteiger partial charge on any atom is 0.161 e. The molecule has 0 fully saturated rings. The summed E-state index contributed by atoms with van der Waals surface area (Å²) in [5.41, 5.74) is 12.9. The van der Waals surface area contributed by atoms with Gasteiger partial charge in [0.25, 0.3) is 0 Å². The van der Waals surface area contributed by atoms with Crippen molar-refractivity contribution in [2.24, 2.45) is 11.5 Å². The van der Waals surface area contributed by atoms with Gasteiger partial charge in [0.1, 0.15) is 0 Å². The average Bonchev–Trinajstić information content (AvgIpc) is 2.50. The monoisotopic (exact) mass is 250 g/mol. The van der Waals surface area contributed by atoms with Crippen LogP contribution in [0.3, 0.4) is 0 Å². The first kappa shape index (κ1) is 13.2. The smallest absolute Gasteiger partial charge is 0.161 e. The highest BCUT2D eigenvalue weighted by atomic mass is 16.5. The van der Waals surface area contributed by atoms with E-state index in [1.165, 1.54) is 0 Å². The molecule has 4 heteroatoms. The van der Waals surface area contributed by atoms with Crippen molar-refractivity contribution in [3.63, 3.8) is 0 Å². The van der Waals surface area contributed by atoms with Crippen molar-refractivity contribution in [3.05, 3.63) is 23.8 Å². The summed E-state index contributed by atoms with van der Waals surface area (Å²) in [6, 6.07) is 5.81. The molecule has 18 heavy (non-hydrogen) atoms. The minimum absolute atomic E-state index is 0.0813. The van der Waals surface area contributed by atoms with E-state index in [1.54, 1.807) is 0 Å². The molecular formula is C14H22N2O2. The van der Waals surface area contributed by atoms with Crippen molar-refractivity contribution >= 4 is 0 Å². The van der Waals surface area contributed by atoms with Crippen LogP contribution in [0.25, 0.3) is 0 Å². The van der Waals surface area contributed by atoms with Gasteiger partial charge < -0.3 is 20.9 Å². The molecule has 0 aliphatic carbocycles. The predicted octanol–water partition coefficient (Wildman–Crippen LogP) is 1.98. The molecule has 0 saturated heterocycles. The Morgan fingerprint density at radius 1 is 1.22 bits per heavy atom. The van der Waals surface area contributed by atoms with E-state index in [1.807, 2.05) is 32.0 Å². The number of hydrogen-bond acceptors (Lipinski definition) is 4. The third-order valence-electron chi connectivity index (χ3n) is 2.95. The molecule has 0 spiro atoms. The number of ether oxygens (including phenoxy) is 2. The van der Waals surface area contributed by atoms with Gasteiger partial charge in [0.05, 0.1) is 13.2 Å². The van der Waals surface area contributed by atoms with Crippen LogP contribution < -0.4 is 20.9 Å². The first-order valence-corrected chi connectivity index (χ1v) is 6.40. The number of fused-ring (bicyclic) bond motifs is 1. The van der Waals surface area contributed by atoms with Crippen LogP contribution in [-0.4, -0.2) is 18.8 Å². The van der Waals surface area contributed by atoms with Gasteiger partial charge in [-0.2, -0.15) is 0 Å². The van der Waals surface area contributed by atoms with E-state index in [9.17, 15) is 0 Å². The highest BCUT2D eigenvalue weighted by Gasteiger charge is 2.19. The number of benzene rings is 1. The van der Waals surface area contributed by atoms with Gasteiger partial charge in [-0.15, -0.1) is 0 Å². The van der Waals surface area contributed by atoms with E-state index in [-0.39, 0.29) is 11.6 Å². The lowest BCUT2D eigenvalue weighted by atomic mass is 9.92. The molecule has 0 radical (unpaired) electrons. The van der Waals surface area contributed by atoms with E-state index < -0.39 is 0 Å². The Morgan fingerprint density at radius 3 is 2.56 bits per heavy atom. The van der Waals surface area contributed by atoms with E-state index in [2.05, 4.69) is 0 Å². The number of nitrogens with two attached hydrogens (primary N) is 2. The van der Waals surface area contributed by atoms with E-state index in [0.29, 0.717) is 13.2 Å². The van der Waals surface area contributed by atoms with Crippen molar-refractivity contribution in [2.75, 3.05) is 13.2 Å². The van der Waals surface area contributed by atoms with Gasteiger partial charge in [-0.25, -0.2) is 0 Å². The van der Waals surface area contributed by atoms with Crippen molar-refractivity contribution in [3.8, 4) is 11.5 Å². The van der Waals surface area contributed by atoms with Crippen LogP contribution in [0.2, 0.25) is 0 Å². The van der Waals surface area contributed by atoms with Crippen molar-refractivity contribution < 1.29 is 9.47 Å². The minimum atomic E-state index is -0.274. The zero-order valence-electron chi connectivity index (χ0n) is 11.1. The third-order valence-corrected chi connectivity index (χ3v) is 2.95. The fraction of sp³-hybridized carbons (Fsp3) is 0.571. The summed E-state index contributed by atoms with van der Waals surface area (Å²) in [7, 11) is 0. The van der Waals surface area contributed by atoms with Crippen LogP contribution in [0.4, 0.5) is 0 Å². The topological polar surface area (TPSA) is 70.5 Å². The highest BCUT2D eigenvalue weighted by molar-refractivity contribution is 5.44. The highest BCUT2D eigenvalue weighted by Crippen LogP contribution is 2.33. The van der Waals surface area contributed by atoms with Crippen LogP contribution in [-0.2, 0) is 0 Å². The summed E-state index contributed by atoms with van der Waals surface area (Å²) in [4.78, 5) is 0.